The molecule has 0 spiro atoms. The Balaban J connectivity index is 1.69. The number of carbonyl (C=O) groups is 2. The fourth-order valence-electron chi connectivity index (χ4n) is 3.39. The summed E-state index contributed by atoms with van der Waals surface area (Å²) in [7, 11) is 0. The van der Waals surface area contributed by atoms with Crippen LogP contribution in [0.15, 0.2) is 53.5 Å². The van der Waals surface area contributed by atoms with Gasteiger partial charge in [0.25, 0.3) is 5.91 Å². The number of rotatable bonds is 3. The minimum atomic E-state index is -0.460. The minimum Gasteiger partial charge on any atom is -0.346 e. The first-order valence-electron chi connectivity index (χ1n) is 8.37. The van der Waals surface area contributed by atoms with E-state index in [1.165, 1.54) is 6.92 Å². The highest BCUT2D eigenvalue weighted by molar-refractivity contribution is 6.06. The minimum absolute atomic E-state index is 0.112. The van der Waals surface area contributed by atoms with Gasteiger partial charge in [-0.05, 0) is 36.2 Å². The monoisotopic (exact) mass is 347 g/mol. The van der Waals surface area contributed by atoms with Crippen LogP contribution in [-0.2, 0) is 17.8 Å². The number of aromatic nitrogens is 1. The fraction of sp³-hybridized carbons (Fsp3) is 0.150. The highest BCUT2D eigenvalue weighted by Gasteiger charge is 2.20. The zero-order valence-electron chi connectivity index (χ0n) is 14.2. The van der Waals surface area contributed by atoms with E-state index in [4.69, 9.17) is 0 Å². The molecular weight excluding hydrogens is 330 g/mol. The number of para-hydroxylation sites is 1. The van der Waals surface area contributed by atoms with Crippen molar-refractivity contribution in [2.75, 3.05) is 10.6 Å². The van der Waals surface area contributed by atoms with Crippen molar-refractivity contribution < 1.29 is 9.59 Å². The lowest BCUT2D eigenvalue weighted by Gasteiger charge is -2.10. The molecule has 2 N–H and O–H groups in total. The topological polar surface area (TPSA) is 80.2 Å². The van der Waals surface area contributed by atoms with Crippen LogP contribution in [0.4, 0.5) is 11.4 Å². The predicted molar refractivity (Wildman–Crippen MR) is 101 cm³/mol. The summed E-state index contributed by atoms with van der Waals surface area (Å²) in [5.74, 6) is -0.655. The molecule has 1 aliphatic rings. The molecule has 2 aromatic carbocycles. The highest BCUT2D eigenvalue weighted by atomic mass is 16.2. The molecule has 3 aromatic rings. The third-order valence-electron chi connectivity index (χ3n) is 4.49. The van der Waals surface area contributed by atoms with Gasteiger partial charge in [0.1, 0.15) is 5.56 Å². The first kappa shape index (κ1) is 16.1. The zero-order chi connectivity index (χ0) is 18.3. The molecule has 0 atom stereocenters. The van der Waals surface area contributed by atoms with Gasteiger partial charge >= 0.3 is 0 Å². The summed E-state index contributed by atoms with van der Waals surface area (Å²) >= 11 is 0. The van der Waals surface area contributed by atoms with Crippen LogP contribution in [0, 0.1) is 0 Å². The third-order valence-corrected chi connectivity index (χ3v) is 4.49. The molecule has 0 saturated heterocycles. The smallest absolute Gasteiger partial charge is 0.261 e. The van der Waals surface area contributed by atoms with Gasteiger partial charge in [0.15, 0.2) is 0 Å². The number of hydrogen-bond donors (Lipinski definition) is 2. The largest absolute Gasteiger partial charge is 0.346 e. The van der Waals surface area contributed by atoms with Crippen molar-refractivity contribution in [1.29, 1.82) is 0 Å². The molecule has 26 heavy (non-hydrogen) atoms. The number of amides is 2. The van der Waals surface area contributed by atoms with Crippen LogP contribution in [0.25, 0.3) is 10.9 Å². The standard InChI is InChI=1S/C20H17N3O3/c1-12(24)21-14-5-3-6-15(10-14)22-20(26)17-11-23-9-8-13-4-2-7-16(18(13)23)19(17)25/h2-7,10-11H,8-9H2,1H3,(H,21,24)(H,22,26). The Morgan fingerprint density at radius 3 is 2.54 bits per heavy atom. The molecule has 2 amide bonds. The molecule has 0 unspecified atom stereocenters. The van der Waals surface area contributed by atoms with Crippen LogP contribution in [0.5, 0.6) is 0 Å². The number of hydrogen-bond acceptors (Lipinski definition) is 3. The van der Waals surface area contributed by atoms with E-state index in [0.717, 1.165) is 24.0 Å². The maximum Gasteiger partial charge on any atom is 0.261 e. The Kier molecular flexibility index (Phi) is 3.80. The van der Waals surface area contributed by atoms with Crippen molar-refractivity contribution in [1.82, 2.24) is 4.57 Å². The van der Waals surface area contributed by atoms with Crippen LogP contribution in [0.1, 0.15) is 22.8 Å². The molecule has 1 aliphatic heterocycles. The SMILES string of the molecule is CC(=O)Nc1cccc(NC(=O)c2cn3c4c(cccc4c2=O)CC3)c1. The van der Waals surface area contributed by atoms with Crippen LogP contribution in [0.2, 0.25) is 0 Å². The summed E-state index contributed by atoms with van der Waals surface area (Å²) in [5.41, 5.74) is 2.98. The molecule has 6 nitrogen and oxygen atoms in total. The molecule has 0 bridgehead atoms. The number of pyridine rings is 1. The summed E-state index contributed by atoms with van der Waals surface area (Å²) < 4.78 is 1.97. The molecule has 0 saturated carbocycles. The second-order valence-electron chi connectivity index (χ2n) is 6.34. The van der Waals surface area contributed by atoms with Crippen LogP contribution >= 0.6 is 0 Å². The van der Waals surface area contributed by atoms with Crippen molar-refractivity contribution in [3.05, 3.63) is 70.0 Å². The van der Waals surface area contributed by atoms with E-state index in [-0.39, 0.29) is 16.9 Å². The van der Waals surface area contributed by atoms with Crippen LogP contribution < -0.4 is 16.1 Å². The van der Waals surface area contributed by atoms with Gasteiger partial charge in [-0.15, -0.1) is 0 Å². The Hall–Kier alpha value is -3.41. The van der Waals surface area contributed by atoms with E-state index in [1.54, 1.807) is 36.5 Å². The lowest BCUT2D eigenvalue weighted by atomic mass is 10.1. The van der Waals surface area contributed by atoms with Crippen LogP contribution in [0.3, 0.4) is 0 Å². The van der Waals surface area contributed by atoms with Gasteiger partial charge in [0.05, 0.1) is 5.52 Å². The number of nitrogens with zero attached hydrogens (tertiary/aromatic N) is 1. The predicted octanol–water partition coefficient (Wildman–Crippen LogP) is 2.77. The van der Waals surface area contributed by atoms with Crippen molar-refractivity contribution >= 4 is 34.1 Å². The summed E-state index contributed by atoms with van der Waals surface area (Å²) in [4.78, 5) is 36.6. The van der Waals surface area contributed by atoms with Gasteiger partial charge in [0.2, 0.25) is 11.3 Å². The maximum absolute atomic E-state index is 12.8. The van der Waals surface area contributed by atoms with Gasteiger partial charge in [-0.25, -0.2) is 0 Å². The van der Waals surface area contributed by atoms with E-state index in [9.17, 15) is 14.4 Å². The van der Waals surface area contributed by atoms with Crippen molar-refractivity contribution in [2.45, 2.75) is 19.9 Å². The van der Waals surface area contributed by atoms with E-state index in [2.05, 4.69) is 10.6 Å². The van der Waals surface area contributed by atoms with Gasteiger partial charge in [-0.3, -0.25) is 14.4 Å². The van der Waals surface area contributed by atoms with E-state index < -0.39 is 5.91 Å². The van der Waals surface area contributed by atoms with Crippen molar-refractivity contribution in [2.24, 2.45) is 0 Å². The normalized spacial score (nSPS) is 12.2. The number of nitrogens with one attached hydrogen (secondary N) is 2. The lowest BCUT2D eigenvalue weighted by Crippen LogP contribution is -2.23. The highest BCUT2D eigenvalue weighted by Crippen LogP contribution is 2.24. The summed E-state index contributed by atoms with van der Waals surface area (Å²) in [6, 6.07) is 12.4. The third kappa shape index (κ3) is 2.75. The second kappa shape index (κ2) is 6.15. The average molecular weight is 347 g/mol. The van der Waals surface area contributed by atoms with Crippen LogP contribution in [-0.4, -0.2) is 16.4 Å². The zero-order valence-corrected chi connectivity index (χ0v) is 14.2. The quantitative estimate of drug-likeness (QED) is 0.764. The number of aryl methyl sites for hydroxylation is 2. The Labute approximate surface area is 149 Å². The number of benzene rings is 2. The maximum atomic E-state index is 12.8. The Morgan fingerprint density at radius 1 is 1.04 bits per heavy atom. The van der Waals surface area contributed by atoms with E-state index in [1.807, 2.05) is 16.7 Å². The molecule has 4 rings (SSSR count). The molecule has 1 aromatic heterocycles. The average Bonchev–Trinajstić information content (AvgIpc) is 3.02. The Morgan fingerprint density at radius 2 is 1.77 bits per heavy atom. The first-order chi connectivity index (χ1) is 12.5. The molecule has 0 radical (unpaired) electrons. The van der Waals surface area contributed by atoms with Gasteiger partial charge < -0.3 is 15.2 Å². The summed E-state index contributed by atoms with van der Waals surface area (Å²) in [6.07, 6.45) is 2.49. The van der Waals surface area contributed by atoms with E-state index >= 15 is 0 Å². The lowest BCUT2D eigenvalue weighted by molar-refractivity contribution is -0.114. The summed E-state index contributed by atoms with van der Waals surface area (Å²) in [6.45, 7) is 2.17. The molecule has 2 heterocycles. The first-order valence-corrected chi connectivity index (χ1v) is 8.37. The number of carbonyl (C=O) groups excluding carboxylic acids is 2. The molecule has 0 aliphatic carbocycles. The van der Waals surface area contributed by atoms with Crippen molar-refractivity contribution in [3.8, 4) is 0 Å². The van der Waals surface area contributed by atoms with Crippen molar-refractivity contribution in [3.63, 3.8) is 0 Å². The fourth-order valence-corrected chi connectivity index (χ4v) is 3.39. The second-order valence-corrected chi connectivity index (χ2v) is 6.34. The molecule has 130 valence electrons. The van der Waals surface area contributed by atoms with E-state index in [0.29, 0.717) is 16.8 Å². The number of anilines is 2. The molecule has 6 heteroatoms. The van der Waals surface area contributed by atoms with Gasteiger partial charge in [0, 0.05) is 36.4 Å². The molecular formula is C20H17N3O3. The molecule has 0 fully saturated rings. The van der Waals surface area contributed by atoms with Gasteiger partial charge in [-0.1, -0.05) is 18.2 Å². The van der Waals surface area contributed by atoms with Gasteiger partial charge in [-0.2, -0.15) is 0 Å². The summed E-state index contributed by atoms with van der Waals surface area (Å²) in [5, 5.41) is 5.97. The Bertz CT molecular complexity index is 1110.